The molecule has 2 aromatic heterocycles. The molecule has 1 N–H and O–H groups in total. The predicted molar refractivity (Wildman–Crippen MR) is 113 cm³/mol. The molecule has 0 amide bonds. The van der Waals surface area contributed by atoms with Crippen LogP contribution in [0.1, 0.15) is 17.8 Å². The minimum absolute atomic E-state index is 0.344. The molecule has 1 aliphatic heterocycles. The highest BCUT2D eigenvalue weighted by atomic mass is 16.5. The molecule has 0 radical (unpaired) electrons. The number of benzene rings is 2. The molecule has 0 saturated carbocycles. The number of pyridine rings is 1. The summed E-state index contributed by atoms with van der Waals surface area (Å²) in [6.07, 6.45) is 5.38. The van der Waals surface area contributed by atoms with E-state index < -0.39 is 0 Å². The molecule has 0 unspecified atom stereocenters. The van der Waals surface area contributed by atoms with Crippen molar-refractivity contribution in [3.8, 4) is 11.5 Å². The summed E-state index contributed by atoms with van der Waals surface area (Å²) in [6, 6.07) is 16.1. The van der Waals surface area contributed by atoms with Crippen molar-refractivity contribution in [1.82, 2.24) is 19.9 Å². The third-order valence-corrected chi connectivity index (χ3v) is 5.31. The number of nitrogens with one attached hydrogen (secondary N) is 1. The Kier molecular flexibility index (Phi) is 4.62. The quantitative estimate of drug-likeness (QED) is 0.565. The van der Waals surface area contributed by atoms with E-state index in [1.54, 1.807) is 7.11 Å². The van der Waals surface area contributed by atoms with Gasteiger partial charge in [-0.15, -0.1) is 10.2 Å². The van der Waals surface area contributed by atoms with Crippen molar-refractivity contribution in [1.29, 1.82) is 0 Å². The average molecular weight is 386 g/mol. The molecule has 6 heteroatoms. The second-order valence-electron chi connectivity index (χ2n) is 7.08. The van der Waals surface area contributed by atoms with Gasteiger partial charge in [-0.25, -0.2) is 0 Å². The number of fused-ring (bicyclic) bond motifs is 2. The molecule has 0 atom stereocenters. The van der Waals surface area contributed by atoms with Gasteiger partial charge >= 0.3 is 0 Å². The monoisotopic (exact) mass is 386 g/mol. The first-order valence-corrected chi connectivity index (χ1v) is 9.75. The molecular weight excluding hydrogens is 364 g/mol. The highest BCUT2D eigenvalue weighted by Gasteiger charge is 2.11. The summed E-state index contributed by atoms with van der Waals surface area (Å²) in [5, 5.41) is 14.1. The Hall–Kier alpha value is -3.38. The zero-order chi connectivity index (χ0) is 19.6. The van der Waals surface area contributed by atoms with Crippen LogP contribution in [0.4, 0.5) is 0 Å². The van der Waals surface area contributed by atoms with E-state index in [1.807, 2.05) is 40.8 Å². The van der Waals surface area contributed by atoms with Crippen LogP contribution in [0.3, 0.4) is 0 Å². The molecule has 29 heavy (non-hydrogen) atoms. The molecule has 5 rings (SSSR count). The molecule has 3 heterocycles. The Balaban J connectivity index is 1.43. The number of hydrogen-bond donors (Lipinski definition) is 1. The Bertz CT molecular complexity index is 1210. The minimum atomic E-state index is 0.344. The van der Waals surface area contributed by atoms with E-state index in [0.29, 0.717) is 6.61 Å². The fourth-order valence-corrected chi connectivity index (χ4v) is 3.74. The Labute approximate surface area is 168 Å². The van der Waals surface area contributed by atoms with E-state index in [9.17, 15) is 0 Å². The molecule has 146 valence electrons. The molecule has 0 spiro atoms. The Morgan fingerprint density at radius 2 is 2.07 bits per heavy atom. The van der Waals surface area contributed by atoms with Gasteiger partial charge in [0.1, 0.15) is 18.1 Å². The number of rotatable bonds is 5. The summed E-state index contributed by atoms with van der Waals surface area (Å²) in [6.45, 7) is 2.27. The van der Waals surface area contributed by atoms with Crippen LogP contribution in [-0.4, -0.2) is 34.8 Å². The van der Waals surface area contributed by atoms with Gasteiger partial charge in [-0.3, -0.25) is 4.40 Å². The van der Waals surface area contributed by atoms with Crippen molar-refractivity contribution in [3.63, 3.8) is 0 Å². The first kappa shape index (κ1) is 17.7. The van der Waals surface area contributed by atoms with Gasteiger partial charge in [0.15, 0.2) is 11.5 Å². The predicted octanol–water partition coefficient (Wildman–Crippen LogP) is 3.85. The lowest BCUT2D eigenvalue weighted by Crippen LogP contribution is -2.20. The summed E-state index contributed by atoms with van der Waals surface area (Å²) in [4.78, 5) is 0. The molecular formula is C23H22N4O2. The number of nitrogens with zero attached hydrogens (tertiary/aromatic N) is 3. The third-order valence-electron chi connectivity index (χ3n) is 5.31. The normalized spacial score (nSPS) is 14.2. The van der Waals surface area contributed by atoms with E-state index in [2.05, 4.69) is 39.9 Å². The third kappa shape index (κ3) is 3.43. The van der Waals surface area contributed by atoms with Crippen LogP contribution >= 0.6 is 0 Å². The van der Waals surface area contributed by atoms with E-state index >= 15 is 0 Å². The Morgan fingerprint density at radius 3 is 2.93 bits per heavy atom. The summed E-state index contributed by atoms with van der Waals surface area (Å²) in [5.41, 5.74) is 3.39. The van der Waals surface area contributed by atoms with Gasteiger partial charge in [0.05, 0.1) is 7.11 Å². The summed E-state index contributed by atoms with van der Waals surface area (Å²) >= 11 is 0. The van der Waals surface area contributed by atoms with Crippen LogP contribution in [0.5, 0.6) is 11.5 Å². The largest absolute Gasteiger partial charge is 0.497 e. The summed E-state index contributed by atoms with van der Waals surface area (Å²) in [5.74, 6) is 2.43. The molecule has 0 aliphatic carbocycles. The van der Waals surface area contributed by atoms with Gasteiger partial charge < -0.3 is 14.8 Å². The van der Waals surface area contributed by atoms with Crippen LogP contribution in [0.2, 0.25) is 0 Å². The fraction of sp³-hybridized carbons (Fsp3) is 0.217. The topological polar surface area (TPSA) is 60.7 Å². The molecule has 0 saturated heterocycles. The van der Waals surface area contributed by atoms with Crippen molar-refractivity contribution in [2.24, 2.45) is 0 Å². The second-order valence-corrected chi connectivity index (χ2v) is 7.08. The van der Waals surface area contributed by atoms with Gasteiger partial charge in [-0.1, -0.05) is 18.2 Å². The van der Waals surface area contributed by atoms with Crippen molar-refractivity contribution >= 4 is 22.0 Å². The standard InChI is InChI=1S/C23H22N4O2/c1-28-19-6-7-20-17(13-19)3-2-4-21(20)29-15-23-26-25-22-8-5-18(14-27(22)23)16-9-11-24-12-10-16/h2-9,13-14,24H,10-12,15H2,1H3. The zero-order valence-electron chi connectivity index (χ0n) is 16.3. The lowest BCUT2D eigenvalue weighted by molar-refractivity contribution is 0.298. The molecule has 0 bridgehead atoms. The lowest BCUT2D eigenvalue weighted by atomic mass is 10.0. The van der Waals surface area contributed by atoms with E-state index in [4.69, 9.17) is 9.47 Å². The van der Waals surface area contributed by atoms with Crippen molar-refractivity contribution in [2.45, 2.75) is 13.0 Å². The van der Waals surface area contributed by atoms with Crippen LogP contribution in [0.15, 0.2) is 60.8 Å². The smallest absolute Gasteiger partial charge is 0.175 e. The average Bonchev–Trinajstić information content (AvgIpc) is 3.20. The van der Waals surface area contributed by atoms with Crippen LogP contribution in [0, 0.1) is 0 Å². The molecule has 2 aromatic carbocycles. The number of hydrogen-bond acceptors (Lipinski definition) is 5. The fourth-order valence-electron chi connectivity index (χ4n) is 3.74. The van der Waals surface area contributed by atoms with E-state index in [1.165, 1.54) is 11.1 Å². The molecule has 0 fully saturated rings. The van der Waals surface area contributed by atoms with E-state index in [0.717, 1.165) is 53.3 Å². The maximum Gasteiger partial charge on any atom is 0.175 e. The summed E-state index contributed by atoms with van der Waals surface area (Å²) in [7, 11) is 1.67. The number of aromatic nitrogens is 3. The second kappa shape index (κ2) is 7.56. The summed E-state index contributed by atoms with van der Waals surface area (Å²) < 4.78 is 13.5. The van der Waals surface area contributed by atoms with Gasteiger partial charge in [0.25, 0.3) is 0 Å². The highest BCUT2D eigenvalue weighted by molar-refractivity contribution is 5.89. The van der Waals surface area contributed by atoms with Gasteiger partial charge in [0, 0.05) is 18.1 Å². The van der Waals surface area contributed by atoms with Gasteiger partial charge in [-0.05, 0) is 65.9 Å². The highest BCUT2D eigenvalue weighted by Crippen LogP contribution is 2.29. The first-order valence-electron chi connectivity index (χ1n) is 9.75. The number of methoxy groups -OCH3 is 1. The number of ether oxygens (including phenoxy) is 2. The first-order chi connectivity index (χ1) is 14.3. The van der Waals surface area contributed by atoms with Gasteiger partial charge in [0.2, 0.25) is 0 Å². The van der Waals surface area contributed by atoms with Crippen LogP contribution in [-0.2, 0) is 6.61 Å². The van der Waals surface area contributed by atoms with Crippen molar-refractivity contribution in [3.05, 3.63) is 72.2 Å². The Morgan fingerprint density at radius 1 is 1.10 bits per heavy atom. The maximum absolute atomic E-state index is 6.14. The van der Waals surface area contributed by atoms with Crippen molar-refractivity contribution < 1.29 is 9.47 Å². The van der Waals surface area contributed by atoms with Crippen LogP contribution in [0.25, 0.3) is 22.0 Å². The molecule has 6 nitrogen and oxygen atoms in total. The van der Waals surface area contributed by atoms with Crippen molar-refractivity contribution in [2.75, 3.05) is 20.2 Å². The van der Waals surface area contributed by atoms with Crippen LogP contribution < -0.4 is 14.8 Å². The SMILES string of the molecule is COc1ccc2c(OCc3nnc4ccc(C5=CCNCC5)cn34)cccc2c1. The maximum atomic E-state index is 6.14. The molecule has 4 aromatic rings. The zero-order valence-corrected chi connectivity index (χ0v) is 16.3. The van der Waals surface area contributed by atoms with E-state index in [-0.39, 0.29) is 0 Å². The van der Waals surface area contributed by atoms with Gasteiger partial charge in [-0.2, -0.15) is 0 Å². The minimum Gasteiger partial charge on any atom is -0.497 e. The lowest BCUT2D eigenvalue weighted by Gasteiger charge is -2.14. The molecule has 1 aliphatic rings.